The summed E-state index contributed by atoms with van der Waals surface area (Å²) < 4.78 is 13.8. The standard InChI is InChI=1S/C18H22FN3O/c1-20-16-7-6-14(12-18(16)23)13-21-8-10-22(11-9-21)17-5-3-2-4-15(17)19/h2-7,12,20,23H,8-11,13H2,1H3. The summed E-state index contributed by atoms with van der Waals surface area (Å²) in [5.74, 6) is 0.114. The van der Waals surface area contributed by atoms with Crippen LogP contribution in [0.25, 0.3) is 0 Å². The van der Waals surface area contributed by atoms with Crippen molar-refractivity contribution < 1.29 is 9.50 Å². The third-order valence-corrected chi connectivity index (χ3v) is 4.30. The summed E-state index contributed by atoms with van der Waals surface area (Å²) in [5.41, 5.74) is 2.50. The fraction of sp³-hybridized carbons (Fsp3) is 0.333. The molecule has 0 atom stereocenters. The second-order valence-corrected chi connectivity index (χ2v) is 5.82. The zero-order chi connectivity index (χ0) is 16.2. The number of benzene rings is 2. The summed E-state index contributed by atoms with van der Waals surface area (Å²) in [5, 5.41) is 12.9. The molecule has 0 amide bonds. The third kappa shape index (κ3) is 3.56. The third-order valence-electron chi connectivity index (χ3n) is 4.30. The average molecular weight is 315 g/mol. The summed E-state index contributed by atoms with van der Waals surface area (Å²) in [6.45, 7) is 4.16. The Labute approximate surface area is 136 Å². The van der Waals surface area contributed by atoms with E-state index < -0.39 is 0 Å². The molecular weight excluding hydrogens is 293 g/mol. The van der Waals surface area contributed by atoms with Crippen LogP contribution in [-0.2, 0) is 6.54 Å². The van der Waals surface area contributed by atoms with E-state index in [0.717, 1.165) is 44.0 Å². The zero-order valence-electron chi connectivity index (χ0n) is 13.3. The van der Waals surface area contributed by atoms with Crippen LogP contribution in [0, 0.1) is 5.82 Å². The number of piperazine rings is 1. The number of phenols is 1. The molecule has 1 heterocycles. The first-order chi connectivity index (χ1) is 11.2. The van der Waals surface area contributed by atoms with Crippen molar-refractivity contribution >= 4 is 11.4 Å². The van der Waals surface area contributed by atoms with E-state index in [2.05, 4.69) is 15.1 Å². The quantitative estimate of drug-likeness (QED) is 0.851. The lowest BCUT2D eigenvalue weighted by Crippen LogP contribution is -2.46. The molecule has 0 aromatic heterocycles. The largest absolute Gasteiger partial charge is 0.506 e. The predicted octanol–water partition coefficient (Wildman–Crippen LogP) is 2.90. The van der Waals surface area contributed by atoms with Gasteiger partial charge in [-0.15, -0.1) is 0 Å². The molecule has 23 heavy (non-hydrogen) atoms. The smallest absolute Gasteiger partial charge is 0.146 e. The van der Waals surface area contributed by atoms with Crippen molar-refractivity contribution in [3.63, 3.8) is 0 Å². The van der Waals surface area contributed by atoms with Gasteiger partial charge in [-0.25, -0.2) is 4.39 Å². The Bertz CT molecular complexity index is 669. The van der Waals surface area contributed by atoms with Crippen LogP contribution in [0.1, 0.15) is 5.56 Å². The molecule has 0 unspecified atom stereocenters. The van der Waals surface area contributed by atoms with Crippen molar-refractivity contribution in [2.45, 2.75) is 6.54 Å². The van der Waals surface area contributed by atoms with Gasteiger partial charge in [-0.1, -0.05) is 18.2 Å². The molecule has 1 aliphatic rings. The van der Waals surface area contributed by atoms with Crippen LogP contribution in [-0.4, -0.2) is 43.2 Å². The first-order valence-electron chi connectivity index (χ1n) is 7.89. The molecule has 1 fully saturated rings. The van der Waals surface area contributed by atoms with Gasteiger partial charge in [0.1, 0.15) is 11.6 Å². The van der Waals surface area contributed by atoms with Gasteiger partial charge in [0.25, 0.3) is 0 Å². The summed E-state index contributed by atoms with van der Waals surface area (Å²) >= 11 is 0. The van der Waals surface area contributed by atoms with Crippen molar-refractivity contribution in [3.05, 3.63) is 53.8 Å². The number of hydrogen-bond acceptors (Lipinski definition) is 4. The topological polar surface area (TPSA) is 38.7 Å². The number of anilines is 2. The van der Waals surface area contributed by atoms with Gasteiger partial charge >= 0.3 is 0 Å². The molecule has 2 aromatic rings. The van der Waals surface area contributed by atoms with E-state index in [1.165, 1.54) is 6.07 Å². The van der Waals surface area contributed by atoms with E-state index in [1.54, 1.807) is 19.2 Å². The zero-order valence-corrected chi connectivity index (χ0v) is 13.3. The minimum Gasteiger partial charge on any atom is -0.506 e. The molecule has 3 rings (SSSR count). The molecule has 1 aliphatic heterocycles. The maximum atomic E-state index is 13.8. The molecule has 0 radical (unpaired) electrons. The average Bonchev–Trinajstić information content (AvgIpc) is 2.56. The summed E-state index contributed by atoms with van der Waals surface area (Å²) in [4.78, 5) is 4.42. The molecule has 2 aromatic carbocycles. The van der Waals surface area contributed by atoms with Crippen molar-refractivity contribution in [2.24, 2.45) is 0 Å². The van der Waals surface area contributed by atoms with Crippen LogP contribution >= 0.6 is 0 Å². The Balaban J connectivity index is 1.59. The fourth-order valence-corrected chi connectivity index (χ4v) is 3.00. The summed E-state index contributed by atoms with van der Waals surface area (Å²) in [6.07, 6.45) is 0. The van der Waals surface area contributed by atoms with Gasteiger partial charge in [-0.2, -0.15) is 0 Å². The molecule has 2 N–H and O–H groups in total. The Morgan fingerprint density at radius 1 is 1.09 bits per heavy atom. The number of para-hydroxylation sites is 1. The number of phenolic OH excluding ortho intramolecular Hbond substituents is 1. The molecule has 1 saturated heterocycles. The van der Waals surface area contributed by atoms with Crippen molar-refractivity contribution in [2.75, 3.05) is 43.4 Å². The maximum Gasteiger partial charge on any atom is 0.146 e. The predicted molar refractivity (Wildman–Crippen MR) is 91.5 cm³/mol. The number of nitrogens with one attached hydrogen (secondary N) is 1. The Kier molecular flexibility index (Phi) is 4.67. The number of aromatic hydroxyl groups is 1. The Morgan fingerprint density at radius 2 is 1.83 bits per heavy atom. The summed E-state index contributed by atoms with van der Waals surface area (Å²) in [7, 11) is 1.79. The first kappa shape index (κ1) is 15.6. The van der Waals surface area contributed by atoms with Crippen LogP contribution in [0.2, 0.25) is 0 Å². The molecule has 0 bridgehead atoms. The number of nitrogens with zero attached hydrogens (tertiary/aromatic N) is 2. The van der Waals surface area contributed by atoms with Gasteiger partial charge < -0.3 is 15.3 Å². The summed E-state index contributed by atoms with van der Waals surface area (Å²) in [6, 6.07) is 12.6. The fourth-order valence-electron chi connectivity index (χ4n) is 3.00. The lowest BCUT2D eigenvalue weighted by atomic mass is 10.1. The highest BCUT2D eigenvalue weighted by atomic mass is 19.1. The van der Waals surface area contributed by atoms with Crippen molar-refractivity contribution in [1.29, 1.82) is 0 Å². The number of halogens is 1. The van der Waals surface area contributed by atoms with Gasteiger partial charge in [0, 0.05) is 39.8 Å². The molecule has 0 spiro atoms. The SMILES string of the molecule is CNc1ccc(CN2CCN(c3ccccc3F)CC2)cc1O. The van der Waals surface area contributed by atoms with E-state index >= 15 is 0 Å². The first-order valence-corrected chi connectivity index (χ1v) is 7.89. The van der Waals surface area contributed by atoms with Crippen molar-refractivity contribution in [1.82, 2.24) is 4.90 Å². The highest BCUT2D eigenvalue weighted by molar-refractivity contribution is 5.56. The van der Waals surface area contributed by atoms with Crippen molar-refractivity contribution in [3.8, 4) is 5.75 Å². The second-order valence-electron chi connectivity index (χ2n) is 5.82. The van der Waals surface area contributed by atoms with E-state index in [9.17, 15) is 9.50 Å². The van der Waals surface area contributed by atoms with Crippen LogP contribution in [0.3, 0.4) is 0 Å². The van der Waals surface area contributed by atoms with E-state index in [0.29, 0.717) is 5.69 Å². The highest BCUT2D eigenvalue weighted by Gasteiger charge is 2.19. The maximum absolute atomic E-state index is 13.8. The molecule has 4 nitrogen and oxygen atoms in total. The number of hydrogen-bond donors (Lipinski definition) is 2. The number of rotatable bonds is 4. The molecule has 0 saturated carbocycles. The van der Waals surface area contributed by atoms with Gasteiger partial charge in [-0.3, -0.25) is 4.90 Å². The van der Waals surface area contributed by atoms with Gasteiger partial charge in [0.2, 0.25) is 0 Å². The molecule has 5 heteroatoms. The van der Waals surface area contributed by atoms with Gasteiger partial charge in [0.15, 0.2) is 0 Å². The lowest BCUT2D eigenvalue weighted by molar-refractivity contribution is 0.249. The molecule has 122 valence electrons. The van der Waals surface area contributed by atoms with Gasteiger partial charge in [-0.05, 0) is 29.8 Å². The van der Waals surface area contributed by atoms with Crippen LogP contribution in [0.15, 0.2) is 42.5 Å². The van der Waals surface area contributed by atoms with E-state index in [-0.39, 0.29) is 11.6 Å². The lowest BCUT2D eigenvalue weighted by Gasteiger charge is -2.36. The Morgan fingerprint density at radius 3 is 2.48 bits per heavy atom. The normalized spacial score (nSPS) is 15.7. The minimum atomic E-state index is -0.159. The second kappa shape index (κ2) is 6.87. The Hall–Kier alpha value is -2.27. The highest BCUT2D eigenvalue weighted by Crippen LogP contribution is 2.25. The van der Waals surface area contributed by atoms with Crippen LogP contribution in [0.4, 0.5) is 15.8 Å². The molecule has 0 aliphatic carbocycles. The van der Waals surface area contributed by atoms with Crippen LogP contribution < -0.4 is 10.2 Å². The molecular formula is C18H22FN3O. The monoisotopic (exact) mass is 315 g/mol. The minimum absolute atomic E-state index is 0.159. The van der Waals surface area contributed by atoms with Gasteiger partial charge in [0.05, 0.1) is 11.4 Å². The van der Waals surface area contributed by atoms with E-state index in [1.807, 2.05) is 24.3 Å². The van der Waals surface area contributed by atoms with E-state index in [4.69, 9.17) is 0 Å². The van der Waals surface area contributed by atoms with Crippen LogP contribution in [0.5, 0.6) is 5.75 Å².